The molecule has 1 N–H and O–H groups in total. The van der Waals surface area contributed by atoms with Crippen molar-refractivity contribution in [2.45, 2.75) is 19.3 Å². The number of hydrogen-bond donors (Lipinski definition) is 1. The van der Waals surface area contributed by atoms with Crippen LogP contribution in [0.5, 0.6) is 5.75 Å². The Hall–Kier alpha value is -2.04. The zero-order valence-electron chi connectivity index (χ0n) is 11.7. The van der Waals surface area contributed by atoms with Gasteiger partial charge in [0.25, 0.3) is 0 Å². The van der Waals surface area contributed by atoms with Crippen molar-refractivity contribution in [1.29, 1.82) is 0 Å². The van der Waals surface area contributed by atoms with Gasteiger partial charge < -0.3 is 14.8 Å². The number of methoxy groups -OCH3 is 1. The van der Waals surface area contributed by atoms with E-state index in [1.807, 2.05) is 12.1 Å². The summed E-state index contributed by atoms with van der Waals surface area (Å²) in [7, 11) is 1.59. The van der Waals surface area contributed by atoms with E-state index >= 15 is 0 Å². The van der Waals surface area contributed by atoms with Crippen molar-refractivity contribution in [2.75, 3.05) is 20.3 Å². The number of carbonyl (C=O) groups excluding carboxylic acids is 2. The molecule has 1 saturated heterocycles. The lowest BCUT2D eigenvalue weighted by Crippen LogP contribution is -2.44. The molecule has 1 heterocycles. The molecule has 0 aromatic heterocycles. The van der Waals surface area contributed by atoms with Crippen LogP contribution in [0.1, 0.15) is 24.8 Å². The number of rotatable bonds is 4. The lowest BCUT2D eigenvalue weighted by Gasteiger charge is -2.29. The smallest absolute Gasteiger partial charge is 0.310 e. The maximum absolute atomic E-state index is 12.1. The van der Waals surface area contributed by atoms with Crippen LogP contribution >= 0.6 is 0 Å². The van der Waals surface area contributed by atoms with E-state index in [2.05, 4.69) is 5.32 Å². The highest BCUT2D eigenvalue weighted by Gasteiger charge is 2.38. The minimum atomic E-state index is -0.492. The van der Waals surface area contributed by atoms with Crippen LogP contribution in [0.4, 0.5) is 0 Å². The van der Waals surface area contributed by atoms with Gasteiger partial charge in [-0.25, -0.2) is 0 Å². The summed E-state index contributed by atoms with van der Waals surface area (Å²) < 4.78 is 10.2. The van der Waals surface area contributed by atoms with E-state index in [1.165, 1.54) is 0 Å². The van der Waals surface area contributed by atoms with Crippen molar-refractivity contribution < 1.29 is 19.1 Å². The SMILES string of the molecule is CCOC(=O)[C@@H]1CCNC(=O)[C@H]1c1ccc(OC)cc1. The number of amides is 1. The number of nitrogens with one attached hydrogen (secondary N) is 1. The van der Waals surface area contributed by atoms with Crippen LogP contribution in [0, 0.1) is 5.92 Å². The van der Waals surface area contributed by atoms with E-state index in [9.17, 15) is 9.59 Å². The molecular formula is C15H19NO4. The lowest BCUT2D eigenvalue weighted by molar-refractivity contribution is -0.152. The summed E-state index contributed by atoms with van der Waals surface area (Å²) in [5.41, 5.74) is 0.807. The third-order valence-electron chi connectivity index (χ3n) is 3.50. The maximum atomic E-state index is 12.1. The Bertz CT molecular complexity index is 483. The Morgan fingerprint density at radius 2 is 2.05 bits per heavy atom. The molecule has 2 atom stereocenters. The van der Waals surface area contributed by atoms with Crippen LogP contribution in [-0.4, -0.2) is 32.1 Å². The first kappa shape index (κ1) is 14.4. The summed E-state index contributed by atoms with van der Waals surface area (Å²) in [4.78, 5) is 24.1. The van der Waals surface area contributed by atoms with Gasteiger partial charge in [0.1, 0.15) is 5.75 Å². The van der Waals surface area contributed by atoms with Crippen LogP contribution in [0.2, 0.25) is 0 Å². The second kappa shape index (κ2) is 6.41. The van der Waals surface area contributed by atoms with Crippen molar-refractivity contribution in [3.05, 3.63) is 29.8 Å². The summed E-state index contributed by atoms with van der Waals surface area (Å²) in [6.45, 7) is 2.60. The summed E-state index contributed by atoms with van der Waals surface area (Å²) in [6.07, 6.45) is 0.598. The zero-order chi connectivity index (χ0) is 14.5. The molecule has 0 aliphatic carbocycles. The lowest BCUT2D eigenvalue weighted by atomic mass is 9.81. The molecule has 2 rings (SSSR count). The Balaban J connectivity index is 2.26. The van der Waals surface area contributed by atoms with Crippen LogP contribution in [-0.2, 0) is 14.3 Å². The van der Waals surface area contributed by atoms with E-state index in [1.54, 1.807) is 26.2 Å². The molecule has 1 aliphatic rings. The van der Waals surface area contributed by atoms with Crippen LogP contribution in [0.25, 0.3) is 0 Å². The number of hydrogen-bond acceptors (Lipinski definition) is 4. The molecule has 0 spiro atoms. The van der Waals surface area contributed by atoms with Gasteiger partial charge in [-0.3, -0.25) is 9.59 Å². The van der Waals surface area contributed by atoms with E-state index in [0.717, 1.165) is 11.3 Å². The van der Waals surface area contributed by atoms with Crippen molar-refractivity contribution in [2.24, 2.45) is 5.92 Å². The van der Waals surface area contributed by atoms with Crippen molar-refractivity contribution in [3.8, 4) is 5.75 Å². The highest BCUT2D eigenvalue weighted by Crippen LogP contribution is 2.32. The molecule has 108 valence electrons. The first-order valence-electron chi connectivity index (χ1n) is 6.75. The summed E-state index contributed by atoms with van der Waals surface area (Å²) in [5, 5.41) is 2.81. The minimum Gasteiger partial charge on any atom is -0.497 e. The molecule has 1 aromatic rings. The van der Waals surface area contributed by atoms with Gasteiger partial charge >= 0.3 is 5.97 Å². The first-order valence-corrected chi connectivity index (χ1v) is 6.75. The number of benzene rings is 1. The highest BCUT2D eigenvalue weighted by molar-refractivity contribution is 5.90. The Morgan fingerprint density at radius 3 is 2.65 bits per heavy atom. The van der Waals surface area contributed by atoms with E-state index in [-0.39, 0.29) is 11.9 Å². The van der Waals surface area contributed by atoms with E-state index in [4.69, 9.17) is 9.47 Å². The number of esters is 1. The van der Waals surface area contributed by atoms with Crippen molar-refractivity contribution in [3.63, 3.8) is 0 Å². The molecule has 1 fully saturated rings. The van der Waals surface area contributed by atoms with Gasteiger partial charge in [0.2, 0.25) is 5.91 Å². The monoisotopic (exact) mass is 277 g/mol. The number of piperidine rings is 1. The number of ether oxygens (including phenoxy) is 2. The molecule has 0 radical (unpaired) electrons. The third-order valence-corrected chi connectivity index (χ3v) is 3.50. The van der Waals surface area contributed by atoms with Gasteiger partial charge in [-0.1, -0.05) is 12.1 Å². The quantitative estimate of drug-likeness (QED) is 0.847. The van der Waals surface area contributed by atoms with Crippen LogP contribution in [0.3, 0.4) is 0 Å². The van der Waals surface area contributed by atoms with Crippen LogP contribution < -0.4 is 10.1 Å². The second-order valence-electron chi connectivity index (χ2n) is 4.69. The first-order chi connectivity index (χ1) is 9.67. The molecule has 0 unspecified atom stereocenters. The standard InChI is InChI=1S/C15H19NO4/c1-3-20-15(18)12-8-9-16-14(17)13(12)10-4-6-11(19-2)7-5-10/h4-7,12-13H,3,8-9H2,1-2H3,(H,16,17)/t12-,13+/m1/s1. The second-order valence-corrected chi connectivity index (χ2v) is 4.69. The normalized spacial score (nSPS) is 22.0. The average molecular weight is 277 g/mol. The van der Waals surface area contributed by atoms with Gasteiger partial charge in [-0.15, -0.1) is 0 Å². The molecule has 5 nitrogen and oxygen atoms in total. The predicted octanol–water partition coefficient (Wildman–Crippen LogP) is 1.48. The maximum Gasteiger partial charge on any atom is 0.310 e. The topological polar surface area (TPSA) is 64.6 Å². The van der Waals surface area contributed by atoms with Crippen LogP contribution in [0.15, 0.2) is 24.3 Å². The molecule has 0 bridgehead atoms. The molecular weight excluding hydrogens is 258 g/mol. The molecule has 1 aliphatic heterocycles. The number of carbonyl (C=O) groups is 2. The zero-order valence-corrected chi connectivity index (χ0v) is 11.7. The average Bonchev–Trinajstić information content (AvgIpc) is 2.47. The van der Waals surface area contributed by atoms with E-state index in [0.29, 0.717) is 19.6 Å². The summed E-state index contributed by atoms with van der Waals surface area (Å²) >= 11 is 0. The van der Waals surface area contributed by atoms with Crippen molar-refractivity contribution in [1.82, 2.24) is 5.32 Å². The van der Waals surface area contributed by atoms with Gasteiger partial charge in [0.15, 0.2) is 0 Å². The van der Waals surface area contributed by atoms with Gasteiger partial charge in [0.05, 0.1) is 25.6 Å². The summed E-state index contributed by atoms with van der Waals surface area (Å²) in [6, 6.07) is 7.22. The van der Waals surface area contributed by atoms with E-state index < -0.39 is 11.8 Å². The largest absolute Gasteiger partial charge is 0.497 e. The Kier molecular flexibility index (Phi) is 4.61. The molecule has 5 heteroatoms. The molecule has 1 amide bonds. The molecule has 1 aromatic carbocycles. The summed E-state index contributed by atoms with van der Waals surface area (Å²) in [5.74, 6) is -0.619. The van der Waals surface area contributed by atoms with Gasteiger partial charge in [-0.05, 0) is 31.0 Å². The predicted molar refractivity (Wildman–Crippen MR) is 73.5 cm³/mol. The van der Waals surface area contributed by atoms with Gasteiger partial charge in [-0.2, -0.15) is 0 Å². The third kappa shape index (κ3) is 2.92. The fourth-order valence-corrected chi connectivity index (χ4v) is 2.51. The Morgan fingerprint density at radius 1 is 1.35 bits per heavy atom. The molecule has 20 heavy (non-hydrogen) atoms. The minimum absolute atomic E-state index is 0.125. The van der Waals surface area contributed by atoms with Crippen molar-refractivity contribution >= 4 is 11.9 Å². The Labute approximate surface area is 118 Å². The molecule has 0 saturated carbocycles. The fraction of sp³-hybridized carbons (Fsp3) is 0.467. The highest BCUT2D eigenvalue weighted by atomic mass is 16.5. The fourth-order valence-electron chi connectivity index (χ4n) is 2.51. The van der Waals surface area contributed by atoms with Gasteiger partial charge in [0, 0.05) is 6.54 Å².